The molecule has 0 aliphatic rings. The molecule has 0 N–H and O–H groups in total. The standard InChI is InChI=1S/C23H19N3/c1-2-9-17(10-3-1)11-8-16-26-21-15-7-4-12-18(21)22-23(26)25-20-14-6-5-13-19(20)24-22/h1-7,9-10,12-15H,8,11,16H2. The summed E-state index contributed by atoms with van der Waals surface area (Å²) in [6, 6.07) is 27.3. The Balaban J connectivity index is 1.61. The Kier molecular flexibility index (Phi) is 3.64. The van der Waals surface area contributed by atoms with Crippen LogP contribution in [0, 0.1) is 0 Å². The third-order valence-electron chi connectivity index (χ3n) is 4.95. The average Bonchev–Trinajstić information content (AvgIpc) is 3.00. The maximum Gasteiger partial charge on any atom is 0.160 e. The molecule has 0 bridgehead atoms. The Bertz CT molecular complexity index is 1210. The van der Waals surface area contributed by atoms with Crippen LogP contribution in [0.25, 0.3) is 33.1 Å². The van der Waals surface area contributed by atoms with Gasteiger partial charge in [0.1, 0.15) is 5.52 Å². The molecule has 3 nitrogen and oxygen atoms in total. The maximum atomic E-state index is 4.94. The molecule has 3 aromatic carbocycles. The van der Waals surface area contributed by atoms with Crippen LogP contribution in [-0.4, -0.2) is 14.5 Å². The van der Waals surface area contributed by atoms with Gasteiger partial charge in [-0.2, -0.15) is 0 Å². The fourth-order valence-corrected chi connectivity index (χ4v) is 3.70. The summed E-state index contributed by atoms with van der Waals surface area (Å²) in [6.07, 6.45) is 2.14. The molecular formula is C23H19N3. The third-order valence-corrected chi connectivity index (χ3v) is 4.95. The quantitative estimate of drug-likeness (QED) is 0.441. The topological polar surface area (TPSA) is 30.7 Å². The summed E-state index contributed by atoms with van der Waals surface area (Å²) in [5, 5.41) is 1.18. The van der Waals surface area contributed by atoms with Gasteiger partial charge >= 0.3 is 0 Å². The average molecular weight is 337 g/mol. The molecule has 0 aliphatic carbocycles. The van der Waals surface area contributed by atoms with Gasteiger partial charge in [-0.25, -0.2) is 9.97 Å². The summed E-state index contributed by atoms with van der Waals surface area (Å²) in [7, 11) is 0. The van der Waals surface area contributed by atoms with Crippen molar-refractivity contribution < 1.29 is 0 Å². The van der Waals surface area contributed by atoms with Crippen molar-refractivity contribution in [1.82, 2.24) is 14.5 Å². The molecule has 2 heterocycles. The van der Waals surface area contributed by atoms with Crippen LogP contribution in [0.15, 0.2) is 78.9 Å². The maximum absolute atomic E-state index is 4.94. The summed E-state index contributed by atoms with van der Waals surface area (Å²) in [4.78, 5) is 9.85. The Morgan fingerprint density at radius 3 is 2.23 bits per heavy atom. The highest BCUT2D eigenvalue weighted by molar-refractivity contribution is 6.06. The predicted molar refractivity (Wildman–Crippen MR) is 107 cm³/mol. The van der Waals surface area contributed by atoms with Gasteiger partial charge in [0.2, 0.25) is 0 Å². The molecule has 0 fully saturated rings. The van der Waals surface area contributed by atoms with E-state index in [1.54, 1.807) is 0 Å². The van der Waals surface area contributed by atoms with E-state index in [1.807, 2.05) is 24.3 Å². The van der Waals surface area contributed by atoms with E-state index < -0.39 is 0 Å². The first-order valence-electron chi connectivity index (χ1n) is 9.08. The second-order valence-corrected chi connectivity index (χ2v) is 6.64. The molecule has 5 rings (SSSR count). The van der Waals surface area contributed by atoms with E-state index in [2.05, 4.69) is 59.2 Å². The van der Waals surface area contributed by atoms with Gasteiger partial charge in [-0.3, -0.25) is 0 Å². The van der Waals surface area contributed by atoms with Crippen LogP contribution in [0.3, 0.4) is 0 Å². The van der Waals surface area contributed by atoms with Crippen LogP contribution >= 0.6 is 0 Å². The lowest BCUT2D eigenvalue weighted by Gasteiger charge is -2.07. The number of para-hydroxylation sites is 3. The zero-order valence-corrected chi connectivity index (χ0v) is 14.5. The first-order chi connectivity index (χ1) is 12.9. The lowest BCUT2D eigenvalue weighted by atomic mass is 10.1. The van der Waals surface area contributed by atoms with Crippen LogP contribution in [0.2, 0.25) is 0 Å². The SMILES string of the molecule is c1ccc(CCCn2c3ccccc3c3nc4ccccc4nc32)cc1. The molecule has 0 spiro atoms. The fraction of sp³-hybridized carbons (Fsp3) is 0.130. The van der Waals surface area contributed by atoms with Crippen LogP contribution < -0.4 is 0 Å². The van der Waals surface area contributed by atoms with Gasteiger partial charge in [-0.05, 0) is 36.6 Å². The molecule has 2 aromatic heterocycles. The van der Waals surface area contributed by atoms with Crippen molar-refractivity contribution in [2.24, 2.45) is 0 Å². The van der Waals surface area contributed by atoms with E-state index in [1.165, 1.54) is 16.5 Å². The number of nitrogens with zero attached hydrogens (tertiary/aromatic N) is 3. The largest absolute Gasteiger partial charge is 0.324 e. The molecule has 3 heteroatoms. The minimum absolute atomic E-state index is 0.936. The van der Waals surface area contributed by atoms with E-state index in [0.29, 0.717) is 0 Å². The lowest BCUT2D eigenvalue weighted by Crippen LogP contribution is -2.01. The first kappa shape index (κ1) is 15.1. The Morgan fingerprint density at radius 1 is 0.692 bits per heavy atom. The van der Waals surface area contributed by atoms with Crippen molar-refractivity contribution in [1.29, 1.82) is 0 Å². The molecule has 0 aliphatic heterocycles. The minimum atomic E-state index is 0.936. The van der Waals surface area contributed by atoms with Gasteiger partial charge < -0.3 is 4.57 Å². The third kappa shape index (κ3) is 2.53. The molecular weight excluding hydrogens is 318 g/mol. The zero-order valence-electron chi connectivity index (χ0n) is 14.5. The van der Waals surface area contributed by atoms with Crippen molar-refractivity contribution >= 4 is 33.1 Å². The van der Waals surface area contributed by atoms with E-state index >= 15 is 0 Å². The van der Waals surface area contributed by atoms with Crippen molar-refractivity contribution in [2.75, 3.05) is 0 Å². The highest BCUT2D eigenvalue weighted by Gasteiger charge is 2.13. The number of benzene rings is 3. The molecule has 0 saturated heterocycles. The summed E-state index contributed by atoms with van der Waals surface area (Å²) >= 11 is 0. The van der Waals surface area contributed by atoms with Gasteiger partial charge in [0, 0.05) is 11.9 Å². The summed E-state index contributed by atoms with van der Waals surface area (Å²) < 4.78 is 2.33. The second kappa shape index (κ2) is 6.26. The Labute approximate surface area is 151 Å². The normalized spacial score (nSPS) is 11.5. The summed E-state index contributed by atoms with van der Waals surface area (Å²) in [5.74, 6) is 0. The van der Waals surface area contributed by atoms with Crippen LogP contribution in [0.1, 0.15) is 12.0 Å². The number of rotatable bonds is 4. The van der Waals surface area contributed by atoms with E-state index in [0.717, 1.165) is 41.6 Å². The summed E-state index contributed by atoms with van der Waals surface area (Å²) in [5.41, 5.74) is 6.48. The van der Waals surface area contributed by atoms with E-state index in [-0.39, 0.29) is 0 Å². The van der Waals surface area contributed by atoms with Gasteiger partial charge in [-0.1, -0.05) is 60.7 Å². The van der Waals surface area contributed by atoms with Gasteiger partial charge in [0.25, 0.3) is 0 Å². The number of hydrogen-bond acceptors (Lipinski definition) is 2. The molecule has 0 saturated carbocycles. The van der Waals surface area contributed by atoms with Crippen LogP contribution in [0.4, 0.5) is 0 Å². The smallest absolute Gasteiger partial charge is 0.160 e. The van der Waals surface area contributed by atoms with Gasteiger partial charge in [0.05, 0.1) is 16.6 Å². The number of hydrogen-bond donors (Lipinski definition) is 0. The number of aromatic nitrogens is 3. The Morgan fingerprint density at radius 2 is 1.38 bits per heavy atom. The summed E-state index contributed by atoms with van der Waals surface area (Å²) in [6.45, 7) is 0.936. The van der Waals surface area contributed by atoms with Crippen LogP contribution in [0.5, 0.6) is 0 Å². The highest BCUT2D eigenvalue weighted by Crippen LogP contribution is 2.28. The van der Waals surface area contributed by atoms with Crippen LogP contribution in [-0.2, 0) is 13.0 Å². The molecule has 26 heavy (non-hydrogen) atoms. The number of aryl methyl sites for hydroxylation is 2. The number of fused-ring (bicyclic) bond motifs is 4. The Hall–Kier alpha value is -3.20. The second-order valence-electron chi connectivity index (χ2n) is 6.64. The monoisotopic (exact) mass is 337 g/mol. The predicted octanol–water partition coefficient (Wildman–Crippen LogP) is 5.37. The first-order valence-corrected chi connectivity index (χ1v) is 9.08. The van der Waals surface area contributed by atoms with Crippen molar-refractivity contribution in [3.8, 4) is 0 Å². The molecule has 0 atom stereocenters. The molecule has 5 aromatic rings. The molecule has 0 radical (unpaired) electrons. The van der Waals surface area contributed by atoms with Crippen molar-refractivity contribution in [2.45, 2.75) is 19.4 Å². The van der Waals surface area contributed by atoms with Crippen molar-refractivity contribution in [3.63, 3.8) is 0 Å². The van der Waals surface area contributed by atoms with E-state index in [9.17, 15) is 0 Å². The fourth-order valence-electron chi connectivity index (χ4n) is 3.70. The molecule has 0 unspecified atom stereocenters. The highest BCUT2D eigenvalue weighted by atomic mass is 15.1. The zero-order chi connectivity index (χ0) is 17.3. The lowest BCUT2D eigenvalue weighted by molar-refractivity contribution is 0.674. The van der Waals surface area contributed by atoms with Gasteiger partial charge in [-0.15, -0.1) is 0 Å². The van der Waals surface area contributed by atoms with Gasteiger partial charge in [0.15, 0.2) is 5.65 Å². The van der Waals surface area contributed by atoms with E-state index in [4.69, 9.17) is 9.97 Å². The molecule has 126 valence electrons. The van der Waals surface area contributed by atoms with Crippen molar-refractivity contribution in [3.05, 3.63) is 84.4 Å². The molecule has 0 amide bonds. The minimum Gasteiger partial charge on any atom is -0.324 e.